The number of fused-ring (bicyclic) bond motifs is 3. The average molecular weight is 556 g/mol. The Hall–Kier alpha value is -3.95. The van der Waals surface area contributed by atoms with Gasteiger partial charge in [-0.05, 0) is 80.8 Å². The molecule has 2 N–H and O–H groups in total. The molecular weight excluding hydrogens is 521 g/mol. The van der Waals surface area contributed by atoms with Crippen LogP contribution < -0.4 is 20.8 Å². The molecule has 0 radical (unpaired) electrons. The molecule has 1 aromatic heterocycles. The number of carbonyl (C=O) groups excluding carboxylic acids is 1. The second-order valence-electron chi connectivity index (χ2n) is 11.2. The smallest absolute Gasteiger partial charge is 0.256 e. The van der Waals surface area contributed by atoms with Crippen molar-refractivity contribution in [2.75, 3.05) is 57.7 Å². The van der Waals surface area contributed by atoms with E-state index in [0.717, 1.165) is 50.0 Å². The molecule has 3 aromatic carbocycles. The Balaban J connectivity index is 1.31. The molecular formula is C32H34FN5O3. The van der Waals surface area contributed by atoms with Gasteiger partial charge >= 0.3 is 0 Å². The molecule has 8 nitrogen and oxygen atoms in total. The molecule has 0 unspecified atom stereocenters. The normalized spacial score (nSPS) is 16.7. The van der Waals surface area contributed by atoms with Gasteiger partial charge in [0.2, 0.25) is 5.43 Å². The minimum atomic E-state index is -0.576. The van der Waals surface area contributed by atoms with E-state index in [9.17, 15) is 9.59 Å². The number of aromatic nitrogens is 1. The van der Waals surface area contributed by atoms with Crippen molar-refractivity contribution in [1.29, 1.82) is 0 Å². The fourth-order valence-corrected chi connectivity index (χ4v) is 6.40. The van der Waals surface area contributed by atoms with E-state index < -0.39 is 17.2 Å². The Bertz CT molecular complexity index is 1710. The van der Waals surface area contributed by atoms with Crippen LogP contribution in [-0.2, 0) is 0 Å². The molecule has 0 saturated carbocycles. The summed E-state index contributed by atoms with van der Waals surface area (Å²) in [5.74, 6) is -0.228. The molecule has 9 heteroatoms. The summed E-state index contributed by atoms with van der Waals surface area (Å²) in [4.78, 5) is 31.6. The number of nitrogens with one attached hydrogen (secondary N) is 2. The largest absolute Gasteiger partial charge is 0.451 e. The fraction of sp³-hybridized carbons (Fsp3) is 0.375. The zero-order chi connectivity index (χ0) is 27.9. The first-order valence-corrected chi connectivity index (χ1v) is 14.7. The van der Waals surface area contributed by atoms with Gasteiger partial charge in [-0.3, -0.25) is 9.59 Å². The molecule has 0 atom stereocenters. The maximum Gasteiger partial charge on any atom is 0.256 e. The van der Waals surface area contributed by atoms with E-state index >= 15 is 4.39 Å². The standard InChI is InChI=1S/C32H34FN5O3/c33-25-19-23-29-31(28(25)34-9-15-36-11-3-4-12-36)41-27-18-22-8-2-1-7-21(22)17-26(27)38(29)20-24(30(23)39)32(40)35-10-16-37-13-5-6-14-37/h1-2,7-8,17-20,34H,3-6,9-16H2,(H,35,40). The van der Waals surface area contributed by atoms with Gasteiger partial charge in [0.15, 0.2) is 17.3 Å². The summed E-state index contributed by atoms with van der Waals surface area (Å²) in [7, 11) is 0. The predicted molar refractivity (Wildman–Crippen MR) is 159 cm³/mol. The highest BCUT2D eigenvalue weighted by atomic mass is 19.1. The number of benzene rings is 3. The number of anilines is 1. The van der Waals surface area contributed by atoms with E-state index in [1.807, 2.05) is 41.0 Å². The van der Waals surface area contributed by atoms with Gasteiger partial charge in [-0.15, -0.1) is 0 Å². The molecule has 0 spiro atoms. The summed E-state index contributed by atoms with van der Waals surface area (Å²) in [5, 5.41) is 8.26. The molecule has 4 heterocycles. The van der Waals surface area contributed by atoms with Crippen LogP contribution in [0.25, 0.3) is 27.4 Å². The Morgan fingerprint density at radius 1 is 0.902 bits per heavy atom. The molecule has 1 amide bonds. The summed E-state index contributed by atoms with van der Waals surface area (Å²) in [6.45, 7) is 6.68. The van der Waals surface area contributed by atoms with Crippen molar-refractivity contribution in [2.24, 2.45) is 0 Å². The molecule has 3 aliphatic rings. The quantitative estimate of drug-likeness (QED) is 0.289. The zero-order valence-corrected chi connectivity index (χ0v) is 23.0. The lowest BCUT2D eigenvalue weighted by Gasteiger charge is -2.27. The second-order valence-corrected chi connectivity index (χ2v) is 11.2. The zero-order valence-electron chi connectivity index (χ0n) is 23.0. The van der Waals surface area contributed by atoms with Gasteiger partial charge in [-0.25, -0.2) is 4.39 Å². The van der Waals surface area contributed by atoms with Gasteiger partial charge in [0.05, 0.1) is 11.1 Å². The second kappa shape index (κ2) is 10.8. The number of pyridine rings is 1. The number of rotatable bonds is 8. The van der Waals surface area contributed by atoms with Crippen LogP contribution in [0.3, 0.4) is 0 Å². The van der Waals surface area contributed by atoms with Crippen molar-refractivity contribution in [3.8, 4) is 17.2 Å². The van der Waals surface area contributed by atoms with Crippen LogP contribution in [0.2, 0.25) is 0 Å². The highest BCUT2D eigenvalue weighted by Crippen LogP contribution is 2.46. The van der Waals surface area contributed by atoms with E-state index in [0.29, 0.717) is 30.0 Å². The summed E-state index contributed by atoms with van der Waals surface area (Å²) >= 11 is 0. The third kappa shape index (κ3) is 4.83. The maximum absolute atomic E-state index is 15.7. The first-order chi connectivity index (χ1) is 20.1. The van der Waals surface area contributed by atoms with Crippen LogP contribution in [-0.4, -0.2) is 72.6 Å². The third-order valence-electron chi connectivity index (χ3n) is 8.58. The Morgan fingerprint density at radius 3 is 2.27 bits per heavy atom. The van der Waals surface area contributed by atoms with Crippen molar-refractivity contribution < 1.29 is 13.9 Å². The third-order valence-corrected chi connectivity index (χ3v) is 8.58. The molecule has 212 valence electrons. The number of amides is 1. The number of nitrogens with zero attached hydrogens (tertiary/aromatic N) is 3. The lowest BCUT2D eigenvalue weighted by Crippen LogP contribution is -2.36. The van der Waals surface area contributed by atoms with Crippen molar-refractivity contribution in [1.82, 2.24) is 19.7 Å². The minimum Gasteiger partial charge on any atom is -0.451 e. The first kappa shape index (κ1) is 26.0. The summed E-state index contributed by atoms with van der Waals surface area (Å²) in [6, 6.07) is 13.1. The topological polar surface area (TPSA) is 78.8 Å². The van der Waals surface area contributed by atoms with Crippen LogP contribution in [0.5, 0.6) is 11.5 Å². The van der Waals surface area contributed by atoms with Crippen molar-refractivity contribution >= 4 is 33.3 Å². The number of halogens is 1. The molecule has 2 saturated heterocycles. The molecule has 3 aliphatic heterocycles. The van der Waals surface area contributed by atoms with Crippen molar-refractivity contribution in [2.45, 2.75) is 25.7 Å². The van der Waals surface area contributed by atoms with Gasteiger partial charge in [0.25, 0.3) is 5.91 Å². The van der Waals surface area contributed by atoms with Crippen LogP contribution in [0.1, 0.15) is 36.0 Å². The van der Waals surface area contributed by atoms with E-state index in [4.69, 9.17) is 4.74 Å². The lowest BCUT2D eigenvalue weighted by atomic mass is 10.0. The predicted octanol–water partition coefficient (Wildman–Crippen LogP) is 4.72. The Labute approximate surface area is 237 Å². The number of likely N-dealkylation sites (tertiary alicyclic amines) is 2. The van der Waals surface area contributed by atoms with Crippen LogP contribution in [0, 0.1) is 5.82 Å². The fourth-order valence-electron chi connectivity index (χ4n) is 6.40. The van der Waals surface area contributed by atoms with Gasteiger partial charge < -0.3 is 29.7 Å². The molecule has 0 aliphatic carbocycles. The number of carbonyl (C=O) groups is 1. The minimum absolute atomic E-state index is 0.0139. The summed E-state index contributed by atoms with van der Waals surface area (Å²) in [6.07, 6.45) is 6.29. The monoisotopic (exact) mass is 555 g/mol. The van der Waals surface area contributed by atoms with Crippen LogP contribution in [0.4, 0.5) is 10.1 Å². The van der Waals surface area contributed by atoms with Crippen LogP contribution in [0.15, 0.2) is 53.5 Å². The van der Waals surface area contributed by atoms with E-state index in [-0.39, 0.29) is 22.4 Å². The van der Waals surface area contributed by atoms with E-state index in [1.54, 1.807) is 6.20 Å². The molecule has 41 heavy (non-hydrogen) atoms. The summed E-state index contributed by atoms with van der Waals surface area (Å²) in [5.41, 5.74) is 0.858. The molecule has 4 aromatic rings. The van der Waals surface area contributed by atoms with Crippen molar-refractivity contribution in [3.63, 3.8) is 0 Å². The lowest BCUT2D eigenvalue weighted by molar-refractivity contribution is 0.0948. The van der Waals surface area contributed by atoms with Gasteiger partial charge in [-0.1, -0.05) is 24.3 Å². The summed E-state index contributed by atoms with van der Waals surface area (Å²) < 4.78 is 23.9. The number of ether oxygens (including phenoxy) is 1. The first-order valence-electron chi connectivity index (χ1n) is 14.7. The van der Waals surface area contributed by atoms with Crippen LogP contribution >= 0.6 is 0 Å². The van der Waals surface area contributed by atoms with E-state index in [2.05, 4.69) is 20.4 Å². The van der Waals surface area contributed by atoms with E-state index in [1.165, 1.54) is 31.7 Å². The Morgan fingerprint density at radius 2 is 1.56 bits per heavy atom. The highest BCUT2D eigenvalue weighted by molar-refractivity contribution is 6.02. The van der Waals surface area contributed by atoms with Gasteiger partial charge in [0, 0.05) is 32.4 Å². The van der Waals surface area contributed by atoms with Gasteiger partial charge in [-0.2, -0.15) is 0 Å². The molecule has 0 bridgehead atoms. The molecule has 7 rings (SSSR count). The SMILES string of the molecule is O=C(NCCN1CCCC1)c1cn2c3c(c(NCCN4CCCC4)c(F)cc3c1=O)Oc1cc3ccccc3cc1-2. The highest BCUT2D eigenvalue weighted by Gasteiger charge is 2.29. The average Bonchev–Trinajstić information content (AvgIpc) is 3.69. The molecule has 2 fully saturated rings. The van der Waals surface area contributed by atoms with Crippen molar-refractivity contribution in [3.05, 3.63) is 70.3 Å². The Kier molecular flexibility index (Phi) is 6.84. The maximum atomic E-state index is 15.7. The number of hydrogen-bond donors (Lipinski definition) is 2. The van der Waals surface area contributed by atoms with Gasteiger partial charge in [0.1, 0.15) is 16.8 Å². The number of hydrogen-bond acceptors (Lipinski definition) is 6.